The molecular weight excluding hydrogens is 226 g/mol. The van der Waals surface area contributed by atoms with E-state index in [0.29, 0.717) is 0 Å². The molecule has 0 radical (unpaired) electrons. The Bertz CT molecular complexity index is 507. The highest BCUT2D eigenvalue weighted by atomic mass is 16.5. The van der Waals surface area contributed by atoms with Crippen LogP contribution in [0.3, 0.4) is 0 Å². The number of nitrogens with one attached hydrogen (secondary N) is 1. The Morgan fingerprint density at radius 3 is 2.89 bits per heavy atom. The maximum Gasteiger partial charge on any atom is 0.123 e. The number of hydrogen-bond donors (Lipinski definition) is 1. The minimum absolute atomic E-state index is 0.240. The van der Waals surface area contributed by atoms with E-state index in [-0.39, 0.29) is 6.10 Å². The highest BCUT2D eigenvalue weighted by Gasteiger charge is 2.07. The summed E-state index contributed by atoms with van der Waals surface area (Å²) in [6.07, 6.45) is 0.240. The third-order valence-electron chi connectivity index (χ3n) is 3.05. The molecule has 0 saturated carbocycles. The van der Waals surface area contributed by atoms with E-state index in [2.05, 4.69) is 34.9 Å². The zero-order valence-electron chi connectivity index (χ0n) is 11.3. The van der Waals surface area contributed by atoms with E-state index in [9.17, 15) is 0 Å². The normalized spacial score (nSPS) is 13.1. The molecule has 1 aromatic carbocycles. The largest absolute Gasteiger partial charge is 0.377 e. The number of benzene rings is 1. The number of aromatic nitrogens is 2. The van der Waals surface area contributed by atoms with E-state index >= 15 is 0 Å². The van der Waals surface area contributed by atoms with Crippen molar-refractivity contribution >= 4 is 11.0 Å². The molecule has 0 saturated heterocycles. The van der Waals surface area contributed by atoms with Crippen molar-refractivity contribution < 1.29 is 4.74 Å². The first kappa shape index (κ1) is 13.1. The second-order valence-corrected chi connectivity index (χ2v) is 4.47. The van der Waals surface area contributed by atoms with Crippen LogP contribution in [0.15, 0.2) is 24.3 Å². The summed E-state index contributed by atoms with van der Waals surface area (Å²) in [6, 6.07) is 8.19. The van der Waals surface area contributed by atoms with Crippen LogP contribution in [0.2, 0.25) is 0 Å². The number of fused-ring (bicyclic) bond motifs is 1. The molecule has 0 amide bonds. The Morgan fingerprint density at radius 2 is 2.17 bits per heavy atom. The third-order valence-corrected chi connectivity index (χ3v) is 3.05. The fourth-order valence-corrected chi connectivity index (χ4v) is 2.08. The van der Waals surface area contributed by atoms with E-state index < -0.39 is 0 Å². The van der Waals surface area contributed by atoms with Crippen molar-refractivity contribution in [3.63, 3.8) is 0 Å². The molecule has 0 bridgehead atoms. The maximum absolute atomic E-state index is 5.48. The van der Waals surface area contributed by atoms with Gasteiger partial charge in [-0.15, -0.1) is 0 Å². The van der Waals surface area contributed by atoms with Gasteiger partial charge in [-0.25, -0.2) is 4.98 Å². The molecule has 1 atom stereocenters. The second-order valence-electron chi connectivity index (χ2n) is 4.47. The van der Waals surface area contributed by atoms with Gasteiger partial charge in [-0.3, -0.25) is 0 Å². The van der Waals surface area contributed by atoms with Gasteiger partial charge in [-0.2, -0.15) is 0 Å². The third kappa shape index (κ3) is 2.89. The first-order chi connectivity index (χ1) is 8.72. The van der Waals surface area contributed by atoms with Gasteiger partial charge >= 0.3 is 0 Å². The lowest BCUT2D eigenvalue weighted by molar-refractivity contribution is 0.0758. The fourth-order valence-electron chi connectivity index (χ4n) is 2.08. The predicted octanol–water partition coefficient (Wildman–Crippen LogP) is 2.09. The van der Waals surface area contributed by atoms with Gasteiger partial charge in [-0.1, -0.05) is 12.1 Å². The Morgan fingerprint density at radius 1 is 1.39 bits per heavy atom. The SMILES string of the molecule is CCOC(C)CNCc1nc2ccccc2n1C. The molecule has 1 aromatic heterocycles. The van der Waals surface area contributed by atoms with E-state index in [1.54, 1.807) is 0 Å². The number of ether oxygens (including phenoxy) is 1. The van der Waals surface area contributed by atoms with E-state index in [1.807, 2.05) is 25.1 Å². The number of hydrogen-bond acceptors (Lipinski definition) is 3. The van der Waals surface area contributed by atoms with Crippen molar-refractivity contribution in [3.05, 3.63) is 30.1 Å². The first-order valence-electron chi connectivity index (χ1n) is 6.45. The number of imidazole rings is 1. The van der Waals surface area contributed by atoms with Crippen LogP contribution in [-0.4, -0.2) is 28.8 Å². The number of aryl methyl sites for hydroxylation is 1. The Balaban J connectivity index is 1.97. The Hall–Kier alpha value is -1.39. The topological polar surface area (TPSA) is 39.1 Å². The van der Waals surface area contributed by atoms with Crippen molar-refractivity contribution in [1.29, 1.82) is 0 Å². The molecule has 0 spiro atoms. The molecular formula is C14H21N3O. The standard InChI is InChI=1S/C14H21N3O/c1-4-18-11(2)9-15-10-14-16-12-7-5-6-8-13(12)17(14)3/h5-8,11,15H,4,9-10H2,1-3H3. The summed E-state index contributed by atoms with van der Waals surface area (Å²) < 4.78 is 7.61. The minimum atomic E-state index is 0.240. The van der Waals surface area contributed by atoms with Gasteiger partial charge in [0.1, 0.15) is 5.82 Å². The van der Waals surface area contributed by atoms with Crippen LogP contribution in [0, 0.1) is 0 Å². The van der Waals surface area contributed by atoms with Crippen LogP contribution in [0.25, 0.3) is 11.0 Å². The highest BCUT2D eigenvalue weighted by molar-refractivity contribution is 5.75. The molecule has 1 N–H and O–H groups in total. The van der Waals surface area contributed by atoms with Gasteiger partial charge in [0, 0.05) is 20.2 Å². The van der Waals surface area contributed by atoms with Gasteiger partial charge < -0.3 is 14.6 Å². The molecule has 0 fully saturated rings. The molecule has 0 aliphatic carbocycles. The number of nitrogens with zero attached hydrogens (tertiary/aromatic N) is 2. The summed E-state index contributed by atoms with van der Waals surface area (Å²) in [5.74, 6) is 1.06. The molecule has 18 heavy (non-hydrogen) atoms. The van der Waals surface area contributed by atoms with Gasteiger partial charge in [0.25, 0.3) is 0 Å². The van der Waals surface area contributed by atoms with E-state index in [0.717, 1.165) is 31.0 Å². The van der Waals surface area contributed by atoms with E-state index in [1.165, 1.54) is 5.52 Å². The molecule has 0 aliphatic heterocycles. The first-order valence-corrected chi connectivity index (χ1v) is 6.45. The highest BCUT2D eigenvalue weighted by Crippen LogP contribution is 2.13. The van der Waals surface area contributed by atoms with Crippen molar-refractivity contribution in [3.8, 4) is 0 Å². The summed E-state index contributed by atoms with van der Waals surface area (Å²) in [4.78, 5) is 4.61. The van der Waals surface area contributed by atoms with Crippen molar-refractivity contribution in [1.82, 2.24) is 14.9 Å². The molecule has 98 valence electrons. The molecule has 1 heterocycles. The van der Waals surface area contributed by atoms with Gasteiger partial charge in [0.15, 0.2) is 0 Å². The van der Waals surface area contributed by atoms with Gasteiger partial charge in [0.05, 0.1) is 23.7 Å². The van der Waals surface area contributed by atoms with Crippen LogP contribution >= 0.6 is 0 Å². The van der Waals surface area contributed by atoms with Crippen LogP contribution in [0.1, 0.15) is 19.7 Å². The van der Waals surface area contributed by atoms with Gasteiger partial charge in [-0.05, 0) is 26.0 Å². The second kappa shape index (κ2) is 5.98. The van der Waals surface area contributed by atoms with Crippen LogP contribution in [-0.2, 0) is 18.3 Å². The summed E-state index contributed by atoms with van der Waals surface area (Å²) >= 11 is 0. The summed E-state index contributed by atoms with van der Waals surface area (Å²) in [6.45, 7) is 6.46. The lowest BCUT2D eigenvalue weighted by atomic mass is 10.3. The van der Waals surface area contributed by atoms with Crippen LogP contribution < -0.4 is 5.32 Å². The fraction of sp³-hybridized carbons (Fsp3) is 0.500. The maximum atomic E-state index is 5.48. The quantitative estimate of drug-likeness (QED) is 0.849. The number of para-hydroxylation sites is 2. The predicted molar refractivity (Wildman–Crippen MR) is 73.5 cm³/mol. The van der Waals surface area contributed by atoms with Crippen molar-refractivity contribution in [2.24, 2.45) is 7.05 Å². The zero-order chi connectivity index (χ0) is 13.0. The van der Waals surface area contributed by atoms with E-state index in [4.69, 9.17) is 4.74 Å². The average Bonchev–Trinajstić information content (AvgIpc) is 2.68. The number of rotatable bonds is 6. The van der Waals surface area contributed by atoms with Crippen molar-refractivity contribution in [2.75, 3.05) is 13.2 Å². The smallest absolute Gasteiger partial charge is 0.123 e. The molecule has 2 aromatic rings. The Kier molecular flexibility index (Phi) is 4.33. The lowest BCUT2D eigenvalue weighted by Gasteiger charge is -2.12. The van der Waals surface area contributed by atoms with Crippen LogP contribution in [0.5, 0.6) is 0 Å². The lowest BCUT2D eigenvalue weighted by Crippen LogP contribution is -2.27. The molecule has 2 rings (SSSR count). The monoisotopic (exact) mass is 247 g/mol. The van der Waals surface area contributed by atoms with Crippen molar-refractivity contribution in [2.45, 2.75) is 26.5 Å². The Labute approximate surface area is 108 Å². The van der Waals surface area contributed by atoms with Crippen LogP contribution in [0.4, 0.5) is 0 Å². The molecule has 4 heteroatoms. The molecule has 1 unspecified atom stereocenters. The zero-order valence-corrected chi connectivity index (χ0v) is 11.3. The summed E-state index contributed by atoms with van der Waals surface area (Å²) in [5, 5.41) is 3.38. The molecule has 4 nitrogen and oxygen atoms in total. The average molecular weight is 247 g/mol. The summed E-state index contributed by atoms with van der Waals surface area (Å²) in [7, 11) is 2.05. The molecule has 0 aliphatic rings. The van der Waals surface area contributed by atoms with Gasteiger partial charge in [0.2, 0.25) is 0 Å². The minimum Gasteiger partial charge on any atom is -0.377 e. The summed E-state index contributed by atoms with van der Waals surface area (Å²) in [5.41, 5.74) is 2.22.